The molecule has 0 spiro atoms. The molecule has 0 bridgehead atoms. The quantitative estimate of drug-likeness (QED) is 0.262. The van der Waals surface area contributed by atoms with Gasteiger partial charge in [0.05, 0.1) is 19.3 Å². The Bertz CT molecular complexity index is 1280. The summed E-state index contributed by atoms with van der Waals surface area (Å²) in [6, 6.07) is 17.3. The van der Waals surface area contributed by atoms with Crippen LogP contribution in [0.5, 0.6) is 5.75 Å². The first-order valence-corrected chi connectivity index (χ1v) is 13.7. The minimum Gasteiger partial charge on any atom is -0.491 e. The van der Waals surface area contributed by atoms with Gasteiger partial charge in [0.15, 0.2) is 0 Å². The van der Waals surface area contributed by atoms with Crippen molar-refractivity contribution in [2.24, 2.45) is 0 Å². The first-order chi connectivity index (χ1) is 18.9. The molecule has 3 aromatic carbocycles. The zero-order chi connectivity index (χ0) is 27.4. The van der Waals surface area contributed by atoms with Crippen LogP contribution in [-0.2, 0) is 4.74 Å². The molecule has 2 heterocycles. The highest BCUT2D eigenvalue weighted by atomic mass is 35.5. The largest absolute Gasteiger partial charge is 0.491 e. The number of piperazine rings is 1. The minimum atomic E-state index is -0.567. The molecule has 8 nitrogen and oxygen atoms in total. The molecular formula is C31H39Cl2N3O5. The predicted molar refractivity (Wildman–Crippen MR) is 165 cm³/mol. The lowest BCUT2D eigenvalue weighted by atomic mass is 9.94. The van der Waals surface area contributed by atoms with Gasteiger partial charge in [-0.05, 0) is 42.5 Å². The highest BCUT2D eigenvalue weighted by Gasteiger charge is 2.33. The fourth-order valence-corrected chi connectivity index (χ4v) is 5.52. The van der Waals surface area contributed by atoms with Gasteiger partial charge in [0.1, 0.15) is 12.4 Å². The summed E-state index contributed by atoms with van der Waals surface area (Å²) in [6.45, 7) is 10.0. The Morgan fingerprint density at radius 2 is 1.34 bits per heavy atom. The van der Waals surface area contributed by atoms with Gasteiger partial charge in [0, 0.05) is 62.3 Å². The van der Waals surface area contributed by atoms with Crippen LogP contribution in [0.4, 0.5) is 0 Å². The maximum absolute atomic E-state index is 13.1. The van der Waals surface area contributed by atoms with Crippen LogP contribution in [0.3, 0.4) is 0 Å². The second-order valence-corrected chi connectivity index (χ2v) is 10.4. The highest BCUT2D eigenvalue weighted by Crippen LogP contribution is 2.30. The molecule has 1 unspecified atom stereocenters. The first kappa shape index (κ1) is 32.8. The number of hydrogen-bond donors (Lipinski definition) is 1. The van der Waals surface area contributed by atoms with Gasteiger partial charge in [-0.15, -0.1) is 24.8 Å². The van der Waals surface area contributed by atoms with E-state index in [-0.39, 0.29) is 43.2 Å². The Hall–Kier alpha value is -2.72. The normalized spacial score (nSPS) is 16.3. The van der Waals surface area contributed by atoms with Crippen molar-refractivity contribution >= 4 is 47.4 Å². The van der Waals surface area contributed by atoms with Gasteiger partial charge in [-0.1, -0.05) is 42.5 Å². The van der Waals surface area contributed by atoms with Gasteiger partial charge in [0.2, 0.25) is 0 Å². The van der Waals surface area contributed by atoms with E-state index in [4.69, 9.17) is 9.47 Å². The van der Waals surface area contributed by atoms with Crippen molar-refractivity contribution in [2.45, 2.75) is 20.0 Å². The maximum Gasteiger partial charge on any atom is 0.261 e. The molecule has 222 valence electrons. The molecule has 0 aliphatic carbocycles. The molecule has 1 saturated heterocycles. The third-order valence-corrected chi connectivity index (χ3v) is 7.62. The summed E-state index contributed by atoms with van der Waals surface area (Å²) < 4.78 is 11.5. The lowest BCUT2D eigenvalue weighted by molar-refractivity contribution is -0.000437. The van der Waals surface area contributed by atoms with Crippen LogP contribution >= 0.6 is 24.8 Å². The number of imide groups is 1. The zero-order valence-corrected chi connectivity index (χ0v) is 25.2. The molecule has 1 atom stereocenters. The summed E-state index contributed by atoms with van der Waals surface area (Å²) in [5.74, 6) is 0.465. The second kappa shape index (κ2) is 15.0. The molecule has 1 fully saturated rings. The van der Waals surface area contributed by atoms with Crippen LogP contribution in [0.15, 0.2) is 54.6 Å². The molecule has 2 aliphatic rings. The number of halogens is 2. The number of para-hydroxylation sites is 1. The number of aliphatic hydroxyl groups excluding tert-OH is 1. The van der Waals surface area contributed by atoms with Crippen LogP contribution in [0, 0.1) is 13.8 Å². The van der Waals surface area contributed by atoms with Crippen LogP contribution in [0.25, 0.3) is 10.8 Å². The average molecular weight is 605 g/mol. The summed E-state index contributed by atoms with van der Waals surface area (Å²) >= 11 is 0. The summed E-state index contributed by atoms with van der Waals surface area (Å²) in [5.41, 5.74) is 3.40. The van der Waals surface area contributed by atoms with E-state index in [1.165, 1.54) is 4.90 Å². The van der Waals surface area contributed by atoms with E-state index in [0.717, 1.165) is 53.8 Å². The zero-order valence-electron chi connectivity index (χ0n) is 23.6. The van der Waals surface area contributed by atoms with Crippen molar-refractivity contribution < 1.29 is 24.2 Å². The van der Waals surface area contributed by atoms with E-state index >= 15 is 0 Å². The SMILES string of the molecule is Cc1cccc(C)c1OCCOCC(O)CN1CCN(CCN2C(=O)c3cccc4cccc(c34)C2=O)CC1.Cl.Cl. The van der Waals surface area contributed by atoms with E-state index in [2.05, 4.69) is 9.80 Å². The van der Waals surface area contributed by atoms with Crippen LogP contribution < -0.4 is 4.74 Å². The van der Waals surface area contributed by atoms with E-state index in [9.17, 15) is 14.7 Å². The fourth-order valence-electron chi connectivity index (χ4n) is 5.52. The van der Waals surface area contributed by atoms with Crippen molar-refractivity contribution in [1.29, 1.82) is 0 Å². The van der Waals surface area contributed by atoms with Gasteiger partial charge < -0.3 is 14.6 Å². The number of benzene rings is 3. The standard InChI is InChI=1S/C31H37N3O5.2ClH/c1-22-6-3-7-23(2)29(22)39-19-18-38-21-25(35)20-33-14-12-32(13-15-33)16-17-34-30(36)26-10-4-8-24-9-5-11-27(28(24)26)31(34)37;;/h3-11,25,35H,12-21H2,1-2H3;2*1H. The number of amides is 2. The molecule has 0 aromatic heterocycles. The number of hydrogen-bond acceptors (Lipinski definition) is 7. The molecule has 1 N–H and O–H groups in total. The van der Waals surface area contributed by atoms with Gasteiger partial charge in [-0.25, -0.2) is 0 Å². The Kier molecular flexibility index (Phi) is 12.0. The van der Waals surface area contributed by atoms with Crippen LogP contribution in [0.1, 0.15) is 31.8 Å². The summed E-state index contributed by atoms with van der Waals surface area (Å²) in [6.07, 6.45) is -0.567. The number of β-amino-alcohol motifs (C(OH)–C–C–N with tert-alkyl or cyclic N) is 1. The number of carbonyl (C=O) groups excluding carboxylic acids is 2. The highest BCUT2D eigenvalue weighted by molar-refractivity contribution is 6.25. The number of aliphatic hydroxyl groups is 1. The van der Waals surface area contributed by atoms with E-state index in [1.807, 2.05) is 56.3 Å². The molecule has 2 amide bonds. The van der Waals surface area contributed by atoms with Crippen LogP contribution in [-0.4, -0.2) is 103 Å². The molecule has 3 aromatic rings. The van der Waals surface area contributed by atoms with Crippen molar-refractivity contribution in [3.63, 3.8) is 0 Å². The lowest BCUT2D eigenvalue weighted by Gasteiger charge is -2.36. The maximum atomic E-state index is 13.1. The lowest BCUT2D eigenvalue weighted by Crippen LogP contribution is -2.51. The third-order valence-electron chi connectivity index (χ3n) is 7.62. The van der Waals surface area contributed by atoms with Crippen molar-refractivity contribution in [1.82, 2.24) is 14.7 Å². The number of nitrogens with zero attached hydrogens (tertiary/aromatic N) is 3. The Morgan fingerprint density at radius 3 is 1.95 bits per heavy atom. The molecule has 0 saturated carbocycles. The molecule has 0 radical (unpaired) electrons. The van der Waals surface area contributed by atoms with Gasteiger partial charge in [-0.2, -0.15) is 0 Å². The van der Waals surface area contributed by atoms with Gasteiger partial charge >= 0.3 is 0 Å². The van der Waals surface area contributed by atoms with E-state index < -0.39 is 6.10 Å². The molecule has 41 heavy (non-hydrogen) atoms. The number of ether oxygens (including phenoxy) is 2. The number of rotatable bonds is 11. The van der Waals surface area contributed by atoms with Crippen molar-refractivity contribution in [2.75, 3.05) is 65.6 Å². The monoisotopic (exact) mass is 603 g/mol. The molecule has 2 aliphatic heterocycles. The van der Waals surface area contributed by atoms with E-state index in [0.29, 0.717) is 44.0 Å². The molecular weight excluding hydrogens is 565 g/mol. The third kappa shape index (κ3) is 7.57. The van der Waals surface area contributed by atoms with Crippen molar-refractivity contribution in [3.05, 3.63) is 76.9 Å². The Morgan fingerprint density at radius 1 is 0.780 bits per heavy atom. The summed E-state index contributed by atoms with van der Waals surface area (Å²) in [7, 11) is 0. The average Bonchev–Trinajstić information content (AvgIpc) is 2.93. The Balaban J connectivity index is 0.00000231. The number of carbonyl (C=O) groups is 2. The van der Waals surface area contributed by atoms with Gasteiger partial charge in [0.25, 0.3) is 11.8 Å². The summed E-state index contributed by atoms with van der Waals surface area (Å²) in [5, 5.41) is 12.1. The van der Waals surface area contributed by atoms with Crippen molar-refractivity contribution in [3.8, 4) is 5.75 Å². The van der Waals surface area contributed by atoms with Crippen LogP contribution in [0.2, 0.25) is 0 Å². The first-order valence-electron chi connectivity index (χ1n) is 13.7. The van der Waals surface area contributed by atoms with E-state index in [1.54, 1.807) is 12.1 Å². The second-order valence-electron chi connectivity index (χ2n) is 10.4. The smallest absolute Gasteiger partial charge is 0.261 e. The topological polar surface area (TPSA) is 82.6 Å². The fraction of sp³-hybridized carbons (Fsp3) is 0.419. The molecule has 5 rings (SSSR count). The minimum absolute atomic E-state index is 0. The summed E-state index contributed by atoms with van der Waals surface area (Å²) in [4.78, 5) is 32.1. The van der Waals surface area contributed by atoms with Gasteiger partial charge in [-0.3, -0.25) is 24.3 Å². The Labute approximate surface area is 254 Å². The predicted octanol–water partition coefficient (Wildman–Crippen LogP) is 3.97. The molecule has 10 heteroatoms. The number of aryl methyl sites for hydroxylation is 2.